The Labute approximate surface area is 127 Å². The normalized spacial score (nSPS) is 11.9. The maximum absolute atomic E-state index is 6.16. The summed E-state index contributed by atoms with van der Waals surface area (Å²) in [5.74, 6) is 0.725. The molecule has 2 aromatic carbocycles. The van der Waals surface area contributed by atoms with Crippen molar-refractivity contribution < 1.29 is 0 Å². The molecular formula is C18H24ClN. The molecular weight excluding hydrogens is 266 g/mol. The molecule has 1 nitrogen and oxygen atoms in total. The molecule has 0 spiro atoms. The summed E-state index contributed by atoms with van der Waals surface area (Å²) in [6, 6.07) is 15.1. The van der Waals surface area contributed by atoms with E-state index in [-0.39, 0.29) is 5.41 Å². The first kappa shape index (κ1) is 15.3. The van der Waals surface area contributed by atoms with Gasteiger partial charge in [-0.1, -0.05) is 56.3 Å². The van der Waals surface area contributed by atoms with Gasteiger partial charge in [0.25, 0.3) is 0 Å². The fraction of sp³-hybridized carbons (Fsp3) is 0.444. The van der Waals surface area contributed by atoms with E-state index in [9.17, 15) is 0 Å². The molecule has 0 saturated carbocycles. The van der Waals surface area contributed by atoms with E-state index < -0.39 is 0 Å². The van der Waals surface area contributed by atoms with E-state index in [1.807, 2.05) is 0 Å². The summed E-state index contributed by atoms with van der Waals surface area (Å²) in [7, 11) is 0. The Hall–Kier alpha value is -1.05. The maximum atomic E-state index is 6.16. The number of benzene rings is 2. The lowest BCUT2D eigenvalue weighted by Gasteiger charge is -2.29. The molecule has 0 aliphatic rings. The van der Waals surface area contributed by atoms with Crippen molar-refractivity contribution >= 4 is 22.4 Å². The summed E-state index contributed by atoms with van der Waals surface area (Å²) in [4.78, 5) is 0. The molecule has 108 valence electrons. The number of nitrogens with one attached hydrogen (secondary N) is 1. The van der Waals surface area contributed by atoms with E-state index in [0.717, 1.165) is 31.8 Å². The van der Waals surface area contributed by atoms with Crippen LogP contribution >= 0.6 is 11.6 Å². The Morgan fingerprint density at radius 1 is 1.00 bits per heavy atom. The zero-order chi connectivity index (χ0) is 14.4. The summed E-state index contributed by atoms with van der Waals surface area (Å²) < 4.78 is 0. The smallest absolute Gasteiger partial charge is 0.0291 e. The Balaban J connectivity index is 2.06. The van der Waals surface area contributed by atoms with E-state index in [1.54, 1.807) is 0 Å². The molecule has 0 heterocycles. The van der Waals surface area contributed by atoms with E-state index in [1.165, 1.54) is 16.3 Å². The molecule has 1 N–H and O–H groups in total. The third kappa shape index (κ3) is 3.34. The Morgan fingerprint density at radius 3 is 2.40 bits per heavy atom. The van der Waals surface area contributed by atoms with Crippen molar-refractivity contribution in [2.75, 3.05) is 12.4 Å². The van der Waals surface area contributed by atoms with Gasteiger partial charge in [0.1, 0.15) is 0 Å². The van der Waals surface area contributed by atoms with Gasteiger partial charge in [0.15, 0.2) is 0 Å². The second kappa shape index (κ2) is 7.10. The van der Waals surface area contributed by atoms with Crippen molar-refractivity contribution in [1.82, 2.24) is 5.32 Å². The van der Waals surface area contributed by atoms with Gasteiger partial charge < -0.3 is 5.32 Å². The first-order valence-electron chi connectivity index (χ1n) is 7.48. The lowest BCUT2D eigenvalue weighted by Crippen LogP contribution is -2.34. The van der Waals surface area contributed by atoms with Gasteiger partial charge in [-0.25, -0.2) is 0 Å². The standard InChI is InChI=1S/C18H24ClN/c1-3-18(4-2,13-19)14-20-12-16-10-7-9-15-8-5-6-11-17(15)16/h5-11,20H,3-4,12-14H2,1-2H3. The minimum atomic E-state index is 0.228. The van der Waals surface area contributed by atoms with Crippen molar-refractivity contribution in [1.29, 1.82) is 0 Å². The van der Waals surface area contributed by atoms with Crippen LogP contribution in [0.4, 0.5) is 0 Å². The van der Waals surface area contributed by atoms with Crippen LogP contribution in [0.2, 0.25) is 0 Å². The van der Waals surface area contributed by atoms with Crippen molar-refractivity contribution in [2.45, 2.75) is 33.2 Å². The van der Waals surface area contributed by atoms with Crippen molar-refractivity contribution in [3.8, 4) is 0 Å². The van der Waals surface area contributed by atoms with Crippen molar-refractivity contribution in [3.63, 3.8) is 0 Å². The highest BCUT2D eigenvalue weighted by Gasteiger charge is 2.24. The number of hydrogen-bond acceptors (Lipinski definition) is 1. The number of halogens is 1. The molecule has 2 rings (SSSR count). The average Bonchev–Trinajstić information content (AvgIpc) is 2.52. The van der Waals surface area contributed by atoms with Gasteiger partial charge in [-0.05, 0) is 34.6 Å². The Kier molecular flexibility index (Phi) is 5.45. The van der Waals surface area contributed by atoms with Gasteiger partial charge in [-0.15, -0.1) is 11.6 Å². The summed E-state index contributed by atoms with van der Waals surface area (Å²) in [6.45, 7) is 6.34. The van der Waals surface area contributed by atoms with Crippen molar-refractivity contribution in [2.24, 2.45) is 5.41 Å². The number of rotatable bonds is 7. The molecule has 20 heavy (non-hydrogen) atoms. The van der Waals surface area contributed by atoms with Crippen LogP contribution in [0.25, 0.3) is 10.8 Å². The van der Waals surface area contributed by atoms with E-state index in [0.29, 0.717) is 0 Å². The third-order valence-electron chi connectivity index (χ3n) is 4.48. The van der Waals surface area contributed by atoms with E-state index in [4.69, 9.17) is 11.6 Å². The van der Waals surface area contributed by atoms with Crippen molar-refractivity contribution in [3.05, 3.63) is 48.0 Å². The molecule has 0 fully saturated rings. The fourth-order valence-corrected chi connectivity index (χ4v) is 3.12. The molecule has 0 unspecified atom stereocenters. The van der Waals surface area contributed by atoms with Crippen LogP contribution in [0.5, 0.6) is 0 Å². The zero-order valence-corrected chi connectivity index (χ0v) is 13.2. The zero-order valence-electron chi connectivity index (χ0n) is 12.5. The predicted molar refractivity (Wildman–Crippen MR) is 89.4 cm³/mol. The molecule has 0 aromatic heterocycles. The largest absolute Gasteiger partial charge is 0.312 e. The van der Waals surface area contributed by atoms with Gasteiger partial charge >= 0.3 is 0 Å². The third-order valence-corrected chi connectivity index (χ3v) is 5.05. The Morgan fingerprint density at radius 2 is 1.70 bits per heavy atom. The molecule has 0 amide bonds. The highest BCUT2D eigenvalue weighted by molar-refractivity contribution is 6.18. The van der Waals surface area contributed by atoms with Gasteiger partial charge in [0.2, 0.25) is 0 Å². The highest BCUT2D eigenvalue weighted by atomic mass is 35.5. The molecule has 0 aliphatic carbocycles. The van der Waals surface area contributed by atoms with Crippen LogP contribution in [0.1, 0.15) is 32.3 Å². The predicted octanol–water partition coefficient (Wildman–Crippen LogP) is 4.97. The summed E-state index contributed by atoms with van der Waals surface area (Å²) >= 11 is 6.16. The average molecular weight is 290 g/mol. The monoisotopic (exact) mass is 289 g/mol. The first-order valence-corrected chi connectivity index (χ1v) is 8.01. The Bertz CT molecular complexity index is 532. The van der Waals surface area contributed by atoms with E-state index in [2.05, 4.69) is 61.6 Å². The lowest BCUT2D eigenvalue weighted by atomic mass is 9.84. The van der Waals surface area contributed by atoms with Crippen LogP contribution < -0.4 is 5.32 Å². The molecule has 0 atom stereocenters. The van der Waals surface area contributed by atoms with Crippen LogP contribution in [-0.2, 0) is 6.54 Å². The molecule has 2 aromatic rings. The number of fused-ring (bicyclic) bond motifs is 1. The minimum absolute atomic E-state index is 0.228. The molecule has 2 heteroatoms. The summed E-state index contributed by atoms with van der Waals surface area (Å²) in [5.41, 5.74) is 1.59. The number of alkyl halides is 1. The molecule has 0 bridgehead atoms. The second-order valence-electron chi connectivity index (χ2n) is 5.58. The minimum Gasteiger partial charge on any atom is -0.312 e. The SMILES string of the molecule is CCC(CC)(CCl)CNCc1cccc2ccccc12. The van der Waals surface area contributed by atoms with E-state index >= 15 is 0 Å². The lowest BCUT2D eigenvalue weighted by molar-refractivity contribution is 0.286. The van der Waals surface area contributed by atoms with Crippen LogP contribution in [0, 0.1) is 5.41 Å². The van der Waals surface area contributed by atoms with Crippen LogP contribution in [-0.4, -0.2) is 12.4 Å². The maximum Gasteiger partial charge on any atom is 0.0291 e. The summed E-state index contributed by atoms with van der Waals surface area (Å²) in [5, 5.41) is 6.25. The molecule has 0 aliphatic heterocycles. The first-order chi connectivity index (χ1) is 9.74. The molecule has 0 saturated heterocycles. The fourth-order valence-electron chi connectivity index (χ4n) is 2.65. The topological polar surface area (TPSA) is 12.0 Å². The van der Waals surface area contributed by atoms with Gasteiger partial charge in [0.05, 0.1) is 0 Å². The second-order valence-corrected chi connectivity index (χ2v) is 5.85. The van der Waals surface area contributed by atoms with Gasteiger partial charge in [-0.3, -0.25) is 0 Å². The van der Waals surface area contributed by atoms with Crippen LogP contribution in [0.3, 0.4) is 0 Å². The van der Waals surface area contributed by atoms with Gasteiger partial charge in [-0.2, -0.15) is 0 Å². The van der Waals surface area contributed by atoms with Gasteiger partial charge in [0, 0.05) is 19.0 Å². The highest BCUT2D eigenvalue weighted by Crippen LogP contribution is 2.27. The summed E-state index contributed by atoms with van der Waals surface area (Å²) in [6.07, 6.45) is 2.24. The molecule has 0 radical (unpaired) electrons. The number of hydrogen-bond donors (Lipinski definition) is 1. The quantitative estimate of drug-likeness (QED) is 0.709. The van der Waals surface area contributed by atoms with Crippen LogP contribution in [0.15, 0.2) is 42.5 Å².